The maximum absolute atomic E-state index is 9.06. The van der Waals surface area contributed by atoms with Crippen molar-refractivity contribution in [2.24, 2.45) is 10.9 Å². The Kier molecular flexibility index (Phi) is 4.94. The van der Waals surface area contributed by atoms with Crippen molar-refractivity contribution in [1.29, 1.82) is 5.26 Å². The summed E-state index contributed by atoms with van der Waals surface area (Å²) >= 11 is 0. The molecular weight excluding hydrogens is 328 g/mol. The molecule has 0 radical (unpaired) electrons. The van der Waals surface area contributed by atoms with Crippen LogP contribution in [0, 0.1) is 25.2 Å². The van der Waals surface area contributed by atoms with Gasteiger partial charge < -0.3 is 10.6 Å². The second-order valence-electron chi connectivity index (χ2n) is 5.76. The smallest absolute Gasteiger partial charge is 0.171 e. The molecule has 3 aromatic rings. The van der Waals surface area contributed by atoms with Crippen molar-refractivity contribution in [2.75, 3.05) is 0 Å². The molecule has 0 fully saturated rings. The molecular formula is C19H18N6O. The number of benzene rings is 1. The molecule has 0 unspecified atom stereocenters. The van der Waals surface area contributed by atoms with E-state index in [-0.39, 0.29) is 12.4 Å². The lowest BCUT2D eigenvalue weighted by Gasteiger charge is -2.06. The second-order valence-corrected chi connectivity index (χ2v) is 5.76. The predicted octanol–water partition coefficient (Wildman–Crippen LogP) is 2.59. The molecule has 0 aliphatic heterocycles. The van der Waals surface area contributed by atoms with Crippen LogP contribution in [0.5, 0.6) is 0 Å². The molecule has 130 valence electrons. The predicted molar refractivity (Wildman–Crippen MR) is 97.5 cm³/mol. The number of rotatable bonds is 5. The van der Waals surface area contributed by atoms with Gasteiger partial charge in [0, 0.05) is 23.0 Å². The summed E-state index contributed by atoms with van der Waals surface area (Å²) in [5.41, 5.74) is 9.83. The van der Waals surface area contributed by atoms with Crippen LogP contribution in [0.1, 0.15) is 28.1 Å². The summed E-state index contributed by atoms with van der Waals surface area (Å²) in [6, 6.07) is 14.9. The van der Waals surface area contributed by atoms with Crippen LogP contribution in [0.25, 0.3) is 5.82 Å². The van der Waals surface area contributed by atoms with Gasteiger partial charge in [0.25, 0.3) is 0 Å². The molecule has 7 heteroatoms. The third-order valence-electron chi connectivity index (χ3n) is 3.79. The van der Waals surface area contributed by atoms with E-state index >= 15 is 0 Å². The van der Waals surface area contributed by atoms with E-state index in [0.717, 1.165) is 17.0 Å². The van der Waals surface area contributed by atoms with E-state index < -0.39 is 0 Å². The third-order valence-corrected chi connectivity index (χ3v) is 3.79. The minimum Gasteiger partial charge on any atom is -0.389 e. The lowest BCUT2D eigenvalue weighted by atomic mass is 10.1. The van der Waals surface area contributed by atoms with Gasteiger partial charge in [-0.25, -0.2) is 9.67 Å². The highest BCUT2D eigenvalue weighted by molar-refractivity contribution is 5.96. The van der Waals surface area contributed by atoms with Crippen LogP contribution < -0.4 is 5.73 Å². The number of oxime groups is 1. The van der Waals surface area contributed by atoms with Gasteiger partial charge in [-0.15, -0.1) is 0 Å². The van der Waals surface area contributed by atoms with Crippen molar-refractivity contribution in [1.82, 2.24) is 14.8 Å². The standard InChI is InChI=1S/C19H18N6O/c1-13-9-14(2)25(23-13)18-8-7-16(11-22-18)19(21)24-26-12-17-6-4-3-5-15(17)10-20/h3-9,11H,12H2,1-2H3,(H2,21,24). The zero-order chi connectivity index (χ0) is 18.5. The number of hydrogen-bond donors (Lipinski definition) is 1. The molecule has 0 saturated heterocycles. The maximum Gasteiger partial charge on any atom is 0.171 e. The molecule has 7 nitrogen and oxygen atoms in total. The van der Waals surface area contributed by atoms with Crippen molar-refractivity contribution in [3.8, 4) is 11.9 Å². The zero-order valence-corrected chi connectivity index (χ0v) is 14.5. The molecule has 3 rings (SSSR count). The molecule has 2 heterocycles. The number of aromatic nitrogens is 3. The highest BCUT2D eigenvalue weighted by atomic mass is 16.6. The van der Waals surface area contributed by atoms with Gasteiger partial charge in [-0.2, -0.15) is 10.4 Å². The summed E-state index contributed by atoms with van der Waals surface area (Å²) in [5, 5.41) is 17.4. The third kappa shape index (κ3) is 3.70. The van der Waals surface area contributed by atoms with E-state index in [2.05, 4.69) is 21.3 Å². The van der Waals surface area contributed by atoms with E-state index in [1.807, 2.05) is 44.2 Å². The monoisotopic (exact) mass is 346 g/mol. The van der Waals surface area contributed by atoms with Crippen molar-refractivity contribution < 1.29 is 4.84 Å². The van der Waals surface area contributed by atoms with Gasteiger partial charge in [0.15, 0.2) is 11.7 Å². The van der Waals surface area contributed by atoms with E-state index in [4.69, 9.17) is 15.8 Å². The fourth-order valence-corrected chi connectivity index (χ4v) is 2.50. The van der Waals surface area contributed by atoms with Gasteiger partial charge in [-0.1, -0.05) is 23.4 Å². The molecule has 0 bridgehead atoms. The van der Waals surface area contributed by atoms with E-state index in [0.29, 0.717) is 16.9 Å². The fraction of sp³-hybridized carbons (Fsp3) is 0.158. The summed E-state index contributed by atoms with van der Waals surface area (Å²) in [4.78, 5) is 9.66. The summed E-state index contributed by atoms with van der Waals surface area (Å²) in [6.45, 7) is 4.07. The molecule has 2 N–H and O–H groups in total. The molecule has 0 saturated carbocycles. The average Bonchev–Trinajstić information content (AvgIpc) is 3.00. The fourth-order valence-electron chi connectivity index (χ4n) is 2.50. The minimum absolute atomic E-state index is 0.168. The first-order chi connectivity index (χ1) is 12.6. The average molecular weight is 346 g/mol. The first-order valence-corrected chi connectivity index (χ1v) is 8.02. The SMILES string of the molecule is Cc1cc(C)n(-c2ccc(/C(N)=N\OCc3ccccc3C#N)cn2)n1. The summed E-state index contributed by atoms with van der Waals surface area (Å²) in [5.74, 6) is 0.919. The first kappa shape index (κ1) is 17.2. The van der Waals surface area contributed by atoms with Crippen LogP contribution >= 0.6 is 0 Å². The lowest BCUT2D eigenvalue weighted by molar-refractivity contribution is 0.130. The van der Waals surface area contributed by atoms with Gasteiger partial charge in [0.1, 0.15) is 6.61 Å². The van der Waals surface area contributed by atoms with Gasteiger partial charge in [0.2, 0.25) is 0 Å². The van der Waals surface area contributed by atoms with Crippen LogP contribution in [0.15, 0.2) is 53.8 Å². The van der Waals surface area contributed by atoms with Crippen LogP contribution in [0.4, 0.5) is 0 Å². The Labute approximate surface area is 151 Å². The summed E-state index contributed by atoms with van der Waals surface area (Å²) in [6.07, 6.45) is 1.62. The largest absolute Gasteiger partial charge is 0.389 e. The van der Waals surface area contributed by atoms with Crippen molar-refractivity contribution in [2.45, 2.75) is 20.5 Å². The maximum atomic E-state index is 9.06. The Morgan fingerprint density at radius 2 is 2.08 bits per heavy atom. The number of nitrogens with two attached hydrogens (primary N) is 1. The van der Waals surface area contributed by atoms with Crippen LogP contribution in [0.3, 0.4) is 0 Å². The van der Waals surface area contributed by atoms with Gasteiger partial charge in [0.05, 0.1) is 17.3 Å². The molecule has 0 aliphatic rings. The highest BCUT2D eigenvalue weighted by Crippen LogP contribution is 2.11. The van der Waals surface area contributed by atoms with Crippen LogP contribution in [0.2, 0.25) is 0 Å². The van der Waals surface area contributed by atoms with Crippen LogP contribution in [-0.2, 0) is 11.4 Å². The van der Waals surface area contributed by atoms with Gasteiger partial charge in [-0.05, 0) is 38.1 Å². The van der Waals surface area contributed by atoms with Gasteiger partial charge >= 0.3 is 0 Å². The second kappa shape index (κ2) is 7.49. The van der Waals surface area contributed by atoms with E-state index in [9.17, 15) is 0 Å². The minimum atomic E-state index is 0.168. The lowest BCUT2D eigenvalue weighted by Crippen LogP contribution is -2.15. The number of aryl methyl sites for hydroxylation is 2. The van der Waals surface area contributed by atoms with Gasteiger partial charge in [-0.3, -0.25) is 0 Å². The number of nitrogens with zero attached hydrogens (tertiary/aromatic N) is 5. The Balaban J connectivity index is 1.70. The Bertz CT molecular complexity index is 982. The Morgan fingerprint density at radius 3 is 2.73 bits per heavy atom. The number of pyridine rings is 1. The quantitative estimate of drug-likeness (QED) is 0.434. The summed E-state index contributed by atoms with van der Waals surface area (Å²) in [7, 11) is 0. The molecule has 26 heavy (non-hydrogen) atoms. The molecule has 1 aromatic carbocycles. The molecule has 0 amide bonds. The molecule has 0 spiro atoms. The molecule has 0 atom stereocenters. The number of nitriles is 1. The van der Waals surface area contributed by atoms with E-state index in [1.165, 1.54) is 0 Å². The number of hydrogen-bond acceptors (Lipinski definition) is 5. The zero-order valence-electron chi connectivity index (χ0n) is 14.5. The topological polar surface area (TPSA) is 102 Å². The Morgan fingerprint density at radius 1 is 1.27 bits per heavy atom. The molecule has 2 aromatic heterocycles. The first-order valence-electron chi connectivity index (χ1n) is 8.02. The van der Waals surface area contributed by atoms with Crippen LogP contribution in [-0.4, -0.2) is 20.6 Å². The van der Waals surface area contributed by atoms with Crippen molar-refractivity contribution in [3.63, 3.8) is 0 Å². The highest BCUT2D eigenvalue weighted by Gasteiger charge is 2.07. The number of amidine groups is 1. The Hall–Kier alpha value is -3.66. The normalized spacial score (nSPS) is 11.2. The van der Waals surface area contributed by atoms with Crippen molar-refractivity contribution >= 4 is 5.84 Å². The molecule has 0 aliphatic carbocycles. The van der Waals surface area contributed by atoms with E-state index in [1.54, 1.807) is 23.0 Å². The van der Waals surface area contributed by atoms with Crippen molar-refractivity contribution in [3.05, 3.63) is 76.7 Å². The summed E-state index contributed by atoms with van der Waals surface area (Å²) < 4.78 is 1.77.